The molecule has 1 fully saturated rings. The van der Waals surface area contributed by atoms with E-state index in [-0.39, 0.29) is 11.9 Å². The van der Waals surface area contributed by atoms with Crippen LogP contribution < -0.4 is 10.2 Å². The Hall–Kier alpha value is -3.53. The van der Waals surface area contributed by atoms with Gasteiger partial charge in [-0.25, -0.2) is 19.9 Å². The first-order valence-corrected chi connectivity index (χ1v) is 11.2. The van der Waals surface area contributed by atoms with Gasteiger partial charge in [-0.2, -0.15) is 0 Å². The largest absolute Gasteiger partial charge is 0.384 e. The van der Waals surface area contributed by atoms with Crippen molar-refractivity contribution in [2.75, 3.05) is 36.4 Å². The summed E-state index contributed by atoms with van der Waals surface area (Å²) in [5.74, 6) is 1.84. The fourth-order valence-corrected chi connectivity index (χ4v) is 4.07. The molecular formula is C23H30N8O2. The van der Waals surface area contributed by atoms with Crippen LogP contribution in [0.4, 0.5) is 17.5 Å². The lowest BCUT2D eigenvalue weighted by Crippen LogP contribution is -2.51. The molecule has 1 unspecified atom stereocenters. The van der Waals surface area contributed by atoms with Gasteiger partial charge in [-0.15, -0.1) is 0 Å². The molecule has 4 rings (SSSR count). The van der Waals surface area contributed by atoms with Crippen molar-refractivity contribution in [1.82, 2.24) is 29.4 Å². The number of aliphatic hydroxyl groups is 1. The summed E-state index contributed by atoms with van der Waals surface area (Å²) in [7, 11) is 0. The molecule has 1 amide bonds. The Morgan fingerprint density at radius 1 is 1.03 bits per heavy atom. The monoisotopic (exact) mass is 450 g/mol. The molecule has 1 saturated heterocycles. The van der Waals surface area contributed by atoms with Gasteiger partial charge in [-0.05, 0) is 45.9 Å². The van der Waals surface area contributed by atoms with Gasteiger partial charge in [0, 0.05) is 38.4 Å². The van der Waals surface area contributed by atoms with E-state index in [1.54, 1.807) is 17.3 Å². The lowest BCUT2D eigenvalue weighted by molar-refractivity contribution is -0.139. The Morgan fingerprint density at radius 2 is 1.79 bits per heavy atom. The lowest BCUT2D eigenvalue weighted by Gasteiger charge is -2.36. The van der Waals surface area contributed by atoms with Crippen LogP contribution in [-0.2, 0) is 4.79 Å². The molecule has 1 atom stereocenters. The van der Waals surface area contributed by atoms with Crippen LogP contribution >= 0.6 is 0 Å². The third-order valence-corrected chi connectivity index (χ3v) is 5.72. The molecule has 0 spiro atoms. The van der Waals surface area contributed by atoms with Crippen LogP contribution in [0.5, 0.6) is 0 Å². The van der Waals surface area contributed by atoms with Crippen LogP contribution in [0.1, 0.15) is 32.6 Å². The van der Waals surface area contributed by atoms with Crippen molar-refractivity contribution in [1.29, 1.82) is 0 Å². The second-order valence-electron chi connectivity index (χ2n) is 8.43. The van der Waals surface area contributed by atoms with Crippen molar-refractivity contribution >= 4 is 23.4 Å². The van der Waals surface area contributed by atoms with Gasteiger partial charge in [0.1, 0.15) is 17.7 Å². The molecule has 3 aromatic heterocycles. The van der Waals surface area contributed by atoms with Gasteiger partial charge in [-0.1, -0.05) is 0 Å². The third kappa shape index (κ3) is 4.95. The first kappa shape index (κ1) is 22.7. The number of hydrogen-bond acceptors (Lipinski definition) is 8. The van der Waals surface area contributed by atoms with Crippen molar-refractivity contribution in [2.24, 2.45) is 0 Å². The number of amides is 1. The molecule has 0 radical (unpaired) electrons. The Labute approximate surface area is 193 Å². The average molecular weight is 451 g/mol. The van der Waals surface area contributed by atoms with E-state index in [4.69, 9.17) is 0 Å². The van der Waals surface area contributed by atoms with Gasteiger partial charge in [0.25, 0.3) is 5.91 Å². The summed E-state index contributed by atoms with van der Waals surface area (Å²) in [4.78, 5) is 33.8. The first-order chi connectivity index (χ1) is 15.8. The Kier molecular flexibility index (Phi) is 6.55. The maximum Gasteiger partial charge on any atom is 0.251 e. The highest BCUT2D eigenvalue weighted by atomic mass is 16.3. The smallest absolute Gasteiger partial charge is 0.251 e. The summed E-state index contributed by atoms with van der Waals surface area (Å²) in [5.41, 5.74) is 2.73. The molecular weight excluding hydrogens is 420 g/mol. The minimum Gasteiger partial charge on any atom is -0.384 e. The van der Waals surface area contributed by atoms with E-state index in [1.807, 2.05) is 31.3 Å². The lowest BCUT2D eigenvalue weighted by atomic mass is 10.2. The minimum absolute atomic E-state index is 0.221. The standard InChI is InChI=1S/C23H30N8O2/c1-15(2)31-17(4)25-14-20(31)19-7-8-24-23(27-19)28-21-6-5-18(13-26-21)29-9-11-30(12-10-29)22(33)16(3)32/h5-8,13-16,32H,9-12H2,1-4H3,(H,24,26,27,28). The molecule has 0 aliphatic carbocycles. The molecule has 1 aliphatic rings. The van der Waals surface area contributed by atoms with E-state index in [0.717, 1.165) is 22.9 Å². The number of pyridine rings is 1. The quantitative estimate of drug-likeness (QED) is 0.589. The summed E-state index contributed by atoms with van der Waals surface area (Å²) >= 11 is 0. The third-order valence-electron chi connectivity index (χ3n) is 5.72. The van der Waals surface area contributed by atoms with Crippen molar-refractivity contribution in [2.45, 2.75) is 39.8 Å². The highest BCUT2D eigenvalue weighted by Crippen LogP contribution is 2.24. The predicted octanol–water partition coefficient (Wildman–Crippen LogP) is 2.40. The van der Waals surface area contributed by atoms with Gasteiger partial charge in [0.05, 0.1) is 29.5 Å². The van der Waals surface area contributed by atoms with Crippen LogP contribution in [0.15, 0.2) is 36.8 Å². The van der Waals surface area contributed by atoms with Crippen LogP contribution in [0, 0.1) is 6.92 Å². The van der Waals surface area contributed by atoms with Crippen LogP contribution in [0.25, 0.3) is 11.4 Å². The van der Waals surface area contributed by atoms with Crippen LogP contribution in [0.3, 0.4) is 0 Å². The minimum atomic E-state index is -0.959. The zero-order valence-corrected chi connectivity index (χ0v) is 19.4. The molecule has 0 aromatic carbocycles. The maximum atomic E-state index is 11.9. The number of imidazole rings is 1. The first-order valence-electron chi connectivity index (χ1n) is 11.2. The topological polar surface area (TPSA) is 112 Å². The number of aryl methyl sites for hydroxylation is 1. The summed E-state index contributed by atoms with van der Waals surface area (Å²) in [6.07, 6.45) is 4.40. The van der Waals surface area contributed by atoms with Gasteiger partial charge in [0.2, 0.25) is 5.95 Å². The van der Waals surface area contributed by atoms with Crippen LogP contribution in [0.2, 0.25) is 0 Å². The summed E-state index contributed by atoms with van der Waals surface area (Å²) in [6, 6.07) is 6.03. The number of carbonyl (C=O) groups is 1. The highest BCUT2D eigenvalue weighted by Gasteiger charge is 2.24. The second kappa shape index (κ2) is 9.53. The SMILES string of the molecule is Cc1ncc(-c2ccnc(Nc3ccc(N4CCN(C(=O)C(C)O)CC4)cn3)n2)n1C(C)C. The molecule has 4 heterocycles. The number of aromatic nitrogens is 5. The maximum absolute atomic E-state index is 11.9. The predicted molar refractivity (Wildman–Crippen MR) is 126 cm³/mol. The Morgan fingerprint density at radius 3 is 2.42 bits per heavy atom. The number of hydrogen-bond donors (Lipinski definition) is 2. The fraction of sp³-hybridized carbons (Fsp3) is 0.435. The molecule has 33 heavy (non-hydrogen) atoms. The van der Waals surface area contributed by atoms with Crippen LogP contribution in [-0.4, -0.2) is 72.7 Å². The van der Waals surface area contributed by atoms with E-state index >= 15 is 0 Å². The Bertz CT molecular complexity index is 1100. The van der Waals surface area contributed by atoms with E-state index in [0.29, 0.717) is 37.9 Å². The summed E-state index contributed by atoms with van der Waals surface area (Å²) in [5, 5.41) is 12.7. The Balaban J connectivity index is 1.42. The van der Waals surface area contributed by atoms with Gasteiger partial charge in [0.15, 0.2) is 0 Å². The van der Waals surface area contributed by atoms with Gasteiger partial charge >= 0.3 is 0 Å². The average Bonchev–Trinajstić information content (AvgIpc) is 3.21. The molecule has 3 aromatic rings. The molecule has 10 nitrogen and oxygen atoms in total. The number of carbonyl (C=O) groups excluding carboxylic acids is 1. The number of rotatable bonds is 6. The molecule has 0 saturated carbocycles. The zero-order valence-electron chi connectivity index (χ0n) is 19.4. The van der Waals surface area contributed by atoms with Crippen molar-refractivity contribution in [3.05, 3.63) is 42.6 Å². The molecule has 0 bridgehead atoms. The van der Waals surface area contributed by atoms with Crippen molar-refractivity contribution < 1.29 is 9.90 Å². The van der Waals surface area contributed by atoms with Crippen molar-refractivity contribution in [3.63, 3.8) is 0 Å². The molecule has 174 valence electrons. The summed E-state index contributed by atoms with van der Waals surface area (Å²) in [6.45, 7) is 10.3. The number of anilines is 3. The number of aliphatic hydroxyl groups excluding tert-OH is 1. The highest BCUT2D eigenvalue weighted by molar-refractivity contribution is 5.80. The van der Waals surface area contributed by atoms with E-state index < -0.39 is 6.10 Å². The molecule has 2 N–H and O–H groups in total. The molecule has 1 aliphatic heterocycles. The number of nitrogens with one attached hydrogen (secondary N) is 1. The fourth-order valence-electron chi connectivity index (χ4n) is 4.07. The van der Waals surface area contributed by atoms with Crippen molar-refractivity contribution in [3.8, 4) is 11.4 Å². The van der Waals surface area contributed by atoms with E-state index in [9.17, 15) is 9.90 Å². The second-order valence-corrected chi connectivity index (χ2v) is 8.43. The molecule has 10 heteroatoms. The number of piperazine rings is 1. The zero-order chi connectivity index (χ0) is 23.5. The van der Waals surface area contributed by atoms with E-state index in [2.05, 4.69) is 48.6 Å². The van der Waals surface area contributed by atoms with Gasteiger partial charge < -0.3 is 24.8 Å². The van der Waals surface area contributed by atoms with Gasteiger partial charge in [-0.3, -0.25) is 4.79 Å². The number of nitrogens with zero attached hydrogens (tertiary/aromatic N) is 7. The van der Waals surface area contributed by atoms with E-state index in [1.165, 1.54) is 6.92 Å². The summed E-state index contributed by atoms with van der Waals surface area (Å²) < 4.78 is 2.15. The normalized spacial score (nSPS) is 15.1.